The molecular formula is C17H24FNO2. The van der Waals surface area contributed by atoms with E-state index < -0.39 is 0 Å². The third-order valence-electron chi connectivity index (χ3n) is 4.19. The normalized spacial score (nSPS) is 18.8. The van der Waals surface area contributed by atoms with Crippen LogP contribution in [0.3, 0.4) is 0 Å². The van der Waals surface area contributed by atoms with Gasteiger partial charge in [0.15, 0.2) is 0 Å². The first-order valence-electron chi connectivity index (χ1n) is 7.69. The van der Waals surface area contributed by atoms with Crippen molar-refractivity contribution in [3.63, 3.8) is 0 Å². The maximum absolute atomic E-state index is 13.7. The predicted octanol–water partition coefficient (Wildman–Crippen LogP) is 3.56. The number of carbonyl (C=O) groups is 1. The van der Waals surface area contributed by atoms with Crippen molar-refractivity contribution in [2.24, 2.45) is 0 Å². The summed E-state index contributed by atoms with van der Waals surface area (Å²) in [7, 11) is 1.69. The standard InChI is InChI=1S/C17H24FNO2/c1-13-8-9-14(12-16(13)18)17(20)19-10-4-3-6-15(19)7-5-11-21-2/h8-9,12,15H,3-7,10-11H2,1-2H3. The van der Waals surface area contributed by atoms with Crippen LogP contribution in [0.2, 0.25) is 0 Å². The highest BCUT2D eigenvalue weighted by Gasteiger charge is 2.27. The van der Waals surface area contributed by atoms with E-state index in [0.29, 0.717) is 11.1 Å². The Morgan fingerprint density at radius 2 is 2.24 bits per heavy atom. The van der Waals surface area contributed by atoms with Crippen molar-refractivity contribution in [3.8, 4) is 0 Å². The minimum absolute atomic E-state index is 0.0454. The summed E-state index contributed by atoms with van der Waals surface area (Å²) < 4.78 is 18.8. The zero-order chi connectivity index (χ0) is 15.2. The van der Waals surface area contributed by atoms with Crippen LogP contribution < -0.4 is 0 Å². The fraction of sp³-hybridized carbons (Fsp3) is 0.588. The van der Waals surface area contributed by atoms with Gasteiger partial charge in [-0.25, -0.2) is 4.39 Å². The Labute approximate surface area is 126 Å². The van der Waals surface area contributed by atoms with E-state index in [1.165, 1.54) is 6.07 Å². The minimum Gasteiger partial charge on any atom is -0.385 e. The molecule has 0 bridgehead atoms. The smallest absolute Gasteiger partial charge is 0.254 e. The zero-order valence-electron chi connectivity index (χ0n) is 12.9. The van der Waals surface area contributed by atoms with Gasteiger partial charge in [-0.05, 0) is 56.7 Å². The molecule has 1 aromatic carbocycles. The van der Waals surface area contributed by atoms with Crippen molar-refractivity contribution in [1.82, 2.24) is 4.90 Å². The Bertz CT molecular complexity index is 490. The molecule has 1 atom stereocenters. The molecule has 1 aliphatic rings. The lowest BCUT2D eigenvalue weighted by atomic mass is 9.97. The number of carbonyl (C=O) groups excluding carboxylic acids is 1. The molecule has 0 spiro atoms. The van der Waals surface area contributed by atoms with Crippen LogP contribution >= 0.6 is 0 Å². The maximum Gasteiger partial charge on any atom is 0.254 e. The Kier molecular flexibility index (Phi) is 5.74. The summed E-state index contributed by atoms with van der Waals surface area (Å²) >= 11 is 0. The van der Waals surface area contributed by atoms with Gasteiger partial charge in [-0.2, -0.15) is 0 Å². The first kappa shape index (κ1) is 16.0. The van der Waals surface area contributed by atoms with Crippen LogP contribution in [-0.2, 0) is 4.74 Å². The average molecular weight is 293 g/mol. The van der Waals surface area contributed by atoms with Crippen molar-refractivity contribution in [2.75, 3.05) is 20.3 Å². The lowest BCUT2D eigenvalue weighted by molar-refractivity contribution is 0.0584. The molecule has 0 radical (unpaired) electrons. The number of hydrogen-bond donors (Lipinski definition) is 0. The number of benzene rings is 1. The van der Waals surface area contributed by atoms with Gasteiger partial charge in [-0.15, -0.1) is 0 Å². The number of halogens is 1. The lowest BCUT2D eigenvalue weighted by Crippen LogP contribution is -2.43. The second-order valence-corrected chi connectivity index (χ2v) is 5.75. The van der Waals surface area contributed by atoms with Gasteiger partial charge in [0.25, 0.3) is 5.91 Å². The number of ether oxygens (including phenoxy) is 1. The highest BCUT2D eigenvalue weighted by atomic mass is 19.1. The second-order valence-electron chi connectivity index (χ2n) is 5.75. The van der Waals surface area contributed by atoms with Gasteiger partial charge in [0, 0.05) is 31.9 Å². The molecule has 1 amide bonds. The van der Waals surface area contributed by atoms with Crippen LogP contribution in [0.25, 0.3) is 0 Å². The minimum atomic E-state index is -0.311. The molecule has 116 valence electrons. The van der Waals surface area contributed by atoms with Gasteiger partial charge in [-0.3, -0.25) is 4.79 Å². The van der Waals surface area contributed by atoms with E-state index in [9.17, 15) is 9.18 Å². The molecule has 21 heavy (non-hydrogen) atoms. The monoisotopic (exact) mass is 293 g/mol. The molecule has 1 fully saturated rings. The van der Waals surface area contributed by atoms with Crippen LogP contribution in [-0.4, -0.2) is 37.1 Å². The Morgan fingerprint density at radius 3 is 2.95 bits per heavy atom. The highest BCUT2D eigenvalue weighted by Crippen LogP contribution is 2.23. The lowest BCUT2D eigenvalue weighted by Gasteiger charge is -2.36. The molecule has 4 heteroatoms. The number of rotatable bonds is 5. The topological polar surface area (TPSA) is 29.5 Å². The molecule has 3 nitrogen and oxygen atoms in total. The number of piperidine rings is 1. The summed E-state index contributed by atoms with van der Waals surface area (Å²) in [4.78, 5) is 14.6. The third kappa shape index (κ3) is 4.03. The van der Waals surface area contributed by atoms with E-state index in [-0.39, 0.29) is 17.8 Å². The van der Waals surface area contributed by atoms with Gasteiger partial charge >= 0.3 is 0 Å². The number of likely N-dealkylation sites (tertiary alicyclic amines) is 1. The number of nitrogens with zero attached hydrogens (tertiary/aromatic N) is 1. The molecule has 1 heterocycles. The summed E-state index contributed by atoms with van der Waals surface area (Å²) in [6.45, 7) is 3.20. The van der Waals surface area contributed by atoms with Gasteiger partial charge in [0.1, 0.15) is 5.82 Å². The van der Waals surface area contributed by atoms with Gasteiger partial charge < -0.3 is 9.64 Å². The van der Waals surface area contributed by atoms with E-state index in [1.807, 2.05) is 4.90 Å². The molecule has 1 aromatic rings. The van der Waals surface area contributed by atoms with E-state index >= 15 is 0 Å². The van der Waals surface area contributed by atoms with Crippen LogP contribution in [0.1, 0.15) is 48.0 Å². The largest absolute Gasteiger partial charge is 0.385 e. The van der Waals surface area contributed by atoms with Crippen molar-refractivity contribution < 1.29 is 13.9 Å². The van der Waals surface area contributed by atoms with Crippen molar-refractivity contribution >= 4 is 5.91 Å². The van der Waals surface area contributed by atoms with Crippen LogP contribution in [0.4, 0.5) is 4.39 Å². The Balaban J connectivity index is 2.08. The number of aryl methyl sites for hydroxylation is 1. The molecule has 1 saturated heterocycles. The van der Waals surface area contributed by atoms with Crippen LogP contribution in [0.5, 0.6) is 0 Å². The Hall–Kier alpha value is -1.42. The summed E-state index contributed by atoms with van der Waals surface area (Å²) in [5.41, 5.74) is 1.03. The molecule has 0 N–H and O–H groups in total. The first-order valence-corrected chi connectivity index (χ1v) is 7.69. The Morgan fingerprint density at radius 1 is 1.43 bits per heavy atom. The summed E-state index contributed by atoms with van der Waals surface area (Å²) in [6.07, 6.45) is 5.12. The highest BCUT2D eigenvalue weighted by molar-refractivity contribution is 5.94. The number of amides is 1. The van der Waals surface area contributed by atoms with Crippen LogP contribution in [0, 0.1) is 12.7 Å². The summed E-state index contributed by atoms with van der Waals surface area (Å²) in [6, 6.07) is 5.01. The third-order valence-corrected chi connectivity index (χ3v) is 4.19. The second kappa shape index (κ2) is 7.55. The summed E-state index contributed by atoms with van der Waals surface area (Å²) in [5.74, 6) is -0.357. The van der Waals surface area contributed by atoms with E-state index in [1.54, 1.807) is 26.2 Å². The quantitative estimate of drug-likeness (QED) is 0.777. The van der Waals surface area contributed by atoms with E-state index in [2.05, 4.69) is 0 Å². The van der Waals surface area contributed by atoms with Crippen molar-refractivity contribution in [1.29, 1.82) is 0 Å². The van der Waals surface area contributed by atoms with Gasteiger partial charge in [0.2, 0.25) is 0 Å². The summed E-state index contributed by atoms with van der Waals surface area (Å²) in [5, 5.41) is 0. The molecule has 1 unspecified atom stereocenters. The molecule has 0 aromatic heterocycles. The van der Waals surface area contributed by atoms with Gasteiger partial charge in [0.05, 0.1) is 0 Å². The molecule has 1 aliphatic heterocycles. The van der Waals surface area contributed by atoms with Gasteiger partial charge in [-0.1, -0.05) is 6.07 Å². The van der Waals surface area contributed by atoms with Crippen LogP contribution in [0.15, 0.2) is 18.2 Å². The van der Waals surface area contributed by atoms with E-state index in [4.69, 9.17) is 4.74 Å². The van der Waals surface area contributed by atoms with E-state index in [0.717, 1.165) is 45.3 Å². The fourth-order valence-electron chi connectivity index (χ4n) is 2.92. The fourth-order valence-corrected chi connectivity index (χ4v) is 2.92. The first-order chi connectivity index (χ1) is 10.1. The average Bonchev–Trinajstić information content (AvgIpc) is 2.50. The predicted molar refractivity (Wildman–Crippen MR) is 80.9 cm³/mol. The van der Waals surface area contributed by atoms with Crippen molar-refractivity contribution in [3.05, 3.63) is 35.1 Å². The SMILES string of the molecule is COCCCC1CCCCN1C(=O)c1ccc(C)c(F)c1. The van der Waals surface area contributed by atoms with Crippen molar-refractivity contribution in [2.45, 2.75) is 45.1 Å². The molecule has 0 saturated carbocycles. The zero-order valence-corrected chi connectivity index (χ0v) is 12.9. The number of methoxy groups -OCH3 is 1. The number of hydrogen-bond acceptors (Lipinski definition) is 2. The maximum atomic E-state index is 13.7. The molecular weight excluding hydrogens is 269 g/mol. The molecule has 0 aliphatic carbocycles. The molecule has 2 rings (SSSR count).